The number of hydrogen-bond acceptors (Lipinski definition) is 7. The highest BCUT2D eigenvalue weighted by Crippen LogP contribution is 2.40. The monoisotopic (exact) mass is 543 g/mol. The molecule has 3 rings (SSSR count). The number of nitro groups is 1. The fourth-order valence-corrected chi connectivity index (χ4v) is 4.35. The van der Waals surface area contributed by atoms with Gasteiger partial charge in [0.25, 0.3) is 11.6 Å². The number of halogens is 3. The Morgan fingerprint density at radius 1 is 1.08 bits per heavy atom. The van der Waals surface area contributed by atoms with Gasteiger partial charge in [-0.15, -0.1) is 0 Å². The number of aryl methyl sites for hydroxylation is 1. The van der Waals surface area contributed by atoms with Crippen LogP contribution in [0.3, 0.4) is 0 Å². The molecule has 0 fully saturated rings. The lowest BCUT2D eigenvalue weighted by molar-refractivity contribution is -0.388. The molecule has 0 bridgehead atoms. The van der Waals surface area contributed by atoms with Gasteiger partial charge in [0.15, 0.2) is 6.61 Å². The van der Waals surface area contributed by atoms with Gasteiger partial charge in [-0.05, 0) is 43.3 Å². The molecule has 0 aromatic heterocycles. The molecule has 0 heterocycles. The van der Waals surface area contributed by atoms with Crippen molar-refractivity contribution >= 4 is 35.0 Å². The molecule has 196 valence electrons. The highest BCUT2D eigenvalue weighted by molar-refractivity contribution is 7.99. The van der Waals surface area contributed by atoms with Crippen LogP contribution < -0.4 is 4.90 Å². The van der Waals surface area contributed by atoms with E-state index in [1.807, 2.05) is 13.0 Å². The van der Waals surface area contributed by atoms with Crippen LogP contribution in [0.5, 0.6) is 0 Å². The molecule has 0 aliphatic heterocycles. The summed E-state index contributed by atoms with van der Waals surface area (Å²) >= 11 is 0.725. The Bertz CT molecular complexity index is 1390. The number of nitriles is 1. The van der Waals surface area contributed by atoms with Crippen LogP contribution in [-0.4, -0.2) is 30.0 Å². The zero-order valence-corrected chi connectivity index (χ0v) is 20.7. The maximum absolute atomic E-state index is 13.0. The van der Waals surface area contributed by atoms with Gasteiger partial charge < -0.3 is 9.64 Å². The number of nitro benzene ring substituents is 1. The number of esters is 1. The van der Waals surface area contributed by atoms with E-state index in [4.69, 9.17) is 10.00 Å². The number of carbonyl (C=O) groups excluding carboxylic acids is 2. The van der Waals surface area contributed by atoms with Crippen molar-refractivity contribution < 1.29 is 32.4 Å². The Kier molecular flexibility index (Phi) is 9.09. The number of ether oxygens (including phenoxy) is 1. The standard InChI is InChI=1S/C26H20F3N3O5S/c1-17-7-10-19(11-8-17)31(14-4-13-30)24(33)16-37-25(34)20-5-2-3-6-22(20)38-23-12-9-18(26(27,28)29)15-21(23)32(35)36/h2-3,5-12,15H,4,14,16H2,1H3. The van der Waals surface area contributed by atoms with Gasteiger partial charge in [-0.25, -0.2) is 4.79 Å². The van der Waals surface area contributed by atoms with Crippen molar-refractivity contribution in [2.75, 3.05) is 18.1 Å². The first kappa shape index (κ1) is 28.2. The van der Waals surface area contributed by atoms with Crippen molar-refractivity contribution in [3.63, 3.8) is 0 Å². The van der Waals surface area contributed by atoms with E-state index in [0.717, 1.165) is 29.5 Å². The molecule has 1 amide bonds. The lowest BCUT2D eigenvalue weighted by Crippen LogP contribution is -2.35. The highest BCUT2D eigenvalue weighted by Gasteiger charge is 2.33. The molecule has 0 saturated heterocycles. The lowest BCUT2D eigenvalue weighted by Gasteiger charge is -2.22. The minimum absolute atomic E-state index is 0.0293. The lowest BCUT2D eigenvalue weighted by atomic mass is 10.2. The first-order valence-corrected chi connectivity index (χ1v) is 11.9. The zero-order valence-electron chi connectivity index (χ0n) is 19.9. The SMILES string of the molecule is Cc1ccc(N(CCC#N)C(=O)COC(=O)c2ccccc2Sc2ccc(C(F)(F)F)cc2[N+](=O)[O-])cc1. The quantitative estimate of drug-likeness (QED) is 0.180. The molecule has 0 atom stereocenters. The summed E-state index contributed by atoms with van der Waals surface area (Å²) in [4.78, 5) is 37.6. The molecule has 0 unspecified atom stereocenters. The van der Waals surface area contributed by atoms with Gasteiger partial charge in [-0.2, -0.15) is 18.4 Å². The predicted octanol–water partition coefficient (Wildman–Crippen LogP) is 6.18. The molecule has 0 spiro atoms. The summed E-state index contributed by atoms with van der Waals surface area (Å²) in [6.45, 7) is 1.32. The molecule has 3 aromatic rings. The van der Waals surface area contributed by atoms with Gasteiger partial charge in [0.2, 0.25) is 0 Å². The molecule has 0 aliphatic rings. The number of hydrogen-bond donors (Lipinski definition) is 0. The summed E-state index contributed by atoms with van der Waals surface area (Å²) in [6.07, 6.45) is -4.71. The Hall–Kier alpha value is -4.37. The molecule has 3 aromatic carbocycles. The van der Waals surface area contributed by atoms with Gasteiger partial charge in [-0.1, -0.05) is 41.6 Å². The van der Waals surface area contributed by atoms with E-state index < -0.39 is 40.8 Å². The summed E-state index contributed by atoms with van der Waals surface area (Å²) in [5.74, 6) is -1.47. The third kappa shape index (κ3) is 7.10. The van der Waals surface area contributed by atoms with Crippen LogP contribution in [0.4, 0.5) is 24.5 Å². The second-order valence-electron chi connectivity index (χ2n) is 7.90. The second kappa shape index (κ2) is 12.2. The molecular weight excluding hydrogens is 523 g/mol. The summed E-state index contributed by atoms with van der Waals surface area (Å²) < 4.78 is 44.3. The average molecular weight is 544 g/mol. The number of alkyl halides is 3. The molecule has 12 heteroatoms. The number of anilines is 1. The van der Waals surface area contributed by atoms with E-state index in [0.29, 0.717) is 11.8 Å². The van der Waals surface area contributed by atoms with E-state index >= 15 is 0 Å². The summed E-state index contributed by atoms with van der Waals surface area (Å²) in [5.41, 5.74) is -0.477. The van der Waals surface area contributed by atoms with E-state index in [1.165, 1.54) is 23.1 Å². The fraction of sp³-hybridized carbons (Fsp3) is 0.192. The Balaban J connectivity index is 1.79. The fourth-order valence-electron chi connectivity index (χ4n) is 3.33. The van der Waals surface area contributed by atoms with Crippen LogP contribution in [0.1, 0.15) is 27.9 Å². The van der Waals surface area contributed by atoms with Crippen LogP contribution in [-0.2, 0) is 15.7 Å². The van der Waals surface area contributed by atoms with E-state index in [1.54, 1.807) is 30.3 Å². The van der Waals surface area contributed by atoms with Crippen LogP contribution in [0.2, 0.25) is 0 Å². The van der Waals surface area contributed by atoms with Crippen molar-refractivity contribution in [2.24, 2.45) is 0 Å². The van der Waals surface area contributed by atoms with Crippen LogP contribution >= 0.6 is 11.8 Å². The van der Waals surface area contributed by atoms with Crippen LogP contribution in [0.25, 0.3) is 0 Å². The van der Waals surface area contributed by atoms with E-state index in [2.05, 4.69) is 0 Å². The van der Waals surface area contributed by atoms with E-state index in [9.17, 15) is 32.9 Å². The second-order valence-corrected chi connectivity index (χ2v) is 8.98. The third-order valence-electron chi connectivity index (χ3n) is 5.23. The maximum atomic E-state index is 13.0. The number of amides is 1. The van der Waals surface area contributed by atoms with Crippen molar-refractivity contribution in [3.8, 4) is 6.07 Å². The van der Waals surface area contributed by atoms with Crippen LogP contribution in [0, 0.1) is 28.4 Å². The minimum Gasteiger partial charge on any atom is -0.452 e. The highest BCUT2D eigenvalue weighted by atomic mass is 32.2. The van der Waals surface area contributed by atoms with Crippen molar-refractivity contribution in [2.45, 2.75) is 29.3 Å². The van der Waals surface area contributed by atoms with Gasteiger partial charge >= 0.3 is 12.1 Å². The Labute approximate surface area is 219 Å². The zero-order chi connectivity index (χ0) is 27.9. The summed E-state index contributed by atoms with van der Waals surface area (Å²) in [5, 5.41) is 20.4. The smallest absolute Gasteiger partial charge is 0.416 e. The maximum Gasteiger partial charge on any atom is 0.416 e. The van der Waals surface area contributed by atoms with Crippen molar-refractivity contribution in [1.29, 1.82) is 5.26 Å². The average Bonchev–Trinajstić information content (AvgIpc) is 2.88. The molecule has 0 aliphatic carbocycles. The van der Waals surface area contributed by atoms with Gasteiger partial charge in [0, 0.05) is 23.2 Å². The van der Waals surface area contributed by atoms with Gasteiger partial charge in [0.1, 0.15) is 0 Å². The predicted molar refractivity (Wildman–Crippen MR) is 133 cm³/mol. The summed E-state index contributed by atoms with van der Waals surface area (Å²) in [6, 6.07) is 17.0. The Morgan fingerprint density at radius 3 is 2.39 bits per heavy atom. The number of nitrogens with zero attached hydrogens (tertiary/aromatic N) is 3. The largest absolute Gasteiger partial charge is 0.452 e. The van der Waals surface area contributed by atoms with Crippen molar-refractivity contribution in [1.82, 2.24) is 0 Å². The van der Waals surface area contributed by atoms with Gasteiger partial charge in [0.05, 0.1) is 33.4 Å². The molecule has 38 heavy (non-hydrogen) atoms. The number of carbonyl (C=O) groups is 2. The number of rotatable bonds is 9. The molecule has 0 saturated carbocycles. The summed E-state index contributed by atoms with van der Waals surface area (Å²) in [7, 11) is 0. The number of benzene rings is 3. The van der Waals surface area contributed by atoms with Crippen LogP contribution in [0.15, 0.2) is 76.5 Å². The molecule has 0 N–H and O–H groups in total. The first-order chi connectivity index (χ1) is 18.0. The van der Waals surface area contributed by atoms with Gasteiger partial charge in [-0.3, -0.25) is 14.9 Å². The third-order valence-corrected chi connectivity index (χ3v) is 6.37. The molecule has 0 radical (unpaired) electrons. The first-order valence-electron chi connectivity index (χ1n) is 11.0. The minimum atomic E-state index is -4.76. The normalized spacial score (nSPS) is 10.9. The topological polar surface area (TPSA) is 114 Å². The molecule has 8 nitrogen and oxygen atoms in total. The van der Waals surface area contributed by atoms with E-state index in [-0.39, 0.29) is 28.3 Å². The molecular formula is C26H20F3N3O5S. The Morgan fingerprint density at radius 2 is 1.76 bits per heavy atom. The van der Waals surface area contributed by atoms with Crippen molar-refractivity contribution in [3.05, 3.63) is 93.5 Å².